The van der Waals surface area contributed by atoms with Crippen LogP contribution in [0.2, 0.25) is 10.0 Å². The molecule has 2 N–H and O–H groups in total. The van der Waals surface area contributed by atoms with E-state index < -0.39 is 0 Å². The first kappa shape index (κ1) is 23.2. The van der Waals surface area contributed by atoms with Crippen LogP contribution in [0.5, 0.6) is 0 Å². The lowest BCUT2D eigenvalue weighted by atomic mass is 9.93. The molecule has 3 rings (SSSR count). The van der Waals surface area contributed by atoms with Crippen molar-refractivity contribution in [3.63, 3.8) is 0 Å². The monoisotopic (exact) mass is 452 g/mol. The fourth-order valence-corrected chi connectivity index (χ4v) is 4.47. The minimum atomic E-state index is -0.206. The molecule has 1 aliphatic heterocycles. The fourth-order valence-electron chi connectivity index (χ4n) is 4.06. The summed E-state index contributed by atoms with van der Waals surface area (Å²) in [6, 6.07) is 6.01. The van der Waals surface area contributed by atoms with Crippen molar-refractivity contribution in [2.45, 2.75) is 58.0 Å². The Kier molecular flexibility index (Phi) is 7.94. The summed E-state index contributed by atoms with van der Waals surface area (Å²) in [7, 11) is 0. The van der Waals surface area contributed by atoms with Crippen LogP contribution in [0.25, 0.3) is 0 Å². The van der Waals surface area contributed by atoms with Gasteiger partial charge in [0.2, 0.25) is 0 Å². The van der Waals surface area contributed by atoms with Gasteiger partial charge in [-0.1, -0.05) is 40.9 Å². The van der Waals surface area contributed by atoms with Gasteiger partial charge >= 0.3 is 6.03 Å². The van der Waals surface area contributed by atoms with E-state index in [1.165, 1.54) is 5.57 Å². The Balaban J connectivity index is 1.38. The molecule has 1 atom stereocenters. The molecule has 5 nitrogen and oxygen atoms in total. The summed E-state index contributed by atoms with van der Waals surface area (Å²) in [5, 5.41) is 7.34. The molecule has 1 saturated heterocycles. The van der Waals surface area contributed by atoms with Gasteiger partial charge in [-0.25, -0.2) is 4.79 Å². The van der Waals surface area contributed by atoms with Crippen molar-refractivity contribution >= 4 is 34.9 Å². The van der Waals surface area contributed by atoms with E-state index in [-0.39, 0.29) is 17.6 Å². The SMILES string of the molecule is CC(C)(C)NC(=O)NC1CC=C(CCN2CCN(c3cccc(Cl)c3Cl)CC2)CC1. The highest BCUT2D eigenvalue weighted by atomic mass is 35.5. The predicted octanol–water partition coefficient (Wildman–Crippen LogP) is 5.08. The average molecular weight is 453 g/mol. The Morgan fingerprint density at radius 1 is 1.17 bits per heavy atom. The van der Waals surface area contributed by atoms with Crippen molar-refractivity contribution in [2.24, 2.45) is 0 Å². The molecule has 2 aliphatic rings. The van der Waals surface area contributed by atoms with E-state index in [1.807, 2.05) is 39.0 Å². The number of rotatable bonds is 5. The number of nitrogens with zero attached hydrogens (tertiary/aromatic N) is 2. The van der Waals surface area contributed by atoms with Gasteiger partial charge < -0.3 is 15.5 Å². The lowest BCUT2D eigenvalue weighted by molar-refractivity contribution is 0.226. The predicted molar refractivity (Wildman–Crippen MR) is 127 cm³/mol. The number of hydrogen-bond donors (Lipinski definition) is 2. The fraction of sp³-hybridized carbons (Fsp3) is 0.609. The maximum atomic E-state index is 12.0. The van der Waals surface area contributed by atoms with E-state index >= 15 is 0 Å². The second-order valence-corrected chi connectivity index (χ2v) is 10.1. The van der Waals surface area contributed by atoms with Crippen LogP contribution in [-0.4, -0.2) is 55.2 Å². The number of benzene rings is 1. The van der Waals surface area contributed by atoms with Crippen LogP contribution in [0.1, 0.15) is 46.5 Å². The number of piperazine rings is 1. The van der Waals surface area contributed by atoms with Crippen molar-refractivity contribution in [1.29, 1.82) is 0 Å². The molecule has 1 aliphatic carbocycles. The van der Waals surface area contributed by atoms with Crippen molar-refractivity contribution in [3.05, 3.63) is 39.9 Å². The molecule has 166 valence electrons. The number of nitrogens with one attached hydrogen (secondary N) is 2. The number of halogens is 2. The number of hydrogen-bond acceptors (Lipinski definition) is 3. The van der Waals surface area contributed by atoms with E-state index in [0.717, 1.165) is 64.1 Å². The highest BCUT2D eigenvalue weighted by molar-refractivity contribution is 6.43. The zero-order chi connectivity index (χ0) is 21.7. The van der Waals surface area contributed by atoms with Gasteiger partial charge in [-0.05, 0) is 58.6 Å². The van der Waals surface area contributed by atoms with Crippen LogP contribution in [-0.2, 0) is 0 Å². The van der Waals surface area contributed by atoms with Crippen LogP contribution in [0.15, 0.2) is 29.8 Å². The van der Waals surface area contributed by atoms with Gasteiger partial charge in [0.25, 0.3) is 0 Å². The average Bonchev–Trinajstić information content (AvgIpc) is 2.69. The van der Waals surface area contributed by atoms with Crippen molar-refractivity contribution in [2.75, 3.05) is 37.6 Å². The minimum absolute atomic E-state index is 0.0676. The lowest BCUT2D eigenvalue weighted by Gasteiger charge is -2.37. The third-order valence-electron chi connectivity index (χ3n) is 5.72. The molecule has 1 unspecified atom stereocenters. The van der Waals surface area contributed by atoms with Crippen LogP contribution in [0, 0.1) is 0 Å². The number of carbonyl (C=O) groups excluding carboxylic acids is 1. The first-order valence-electron chi connectivity index (χ1n) is 10.9. The Morgan fingerprint density at radius 3 is 2.53 bits per heavy atom. The van der Waals surface area contributed by atoms with Crippen LogP contribution >= 0.6 is 23.2 Å². The molecule has 0 bridgehead atoms. The smallest absolute Gasteiger partial charge is 0.315 e. The van der Waals surface area contributed by atoms with E-state index in [0.29, 0.717) is 10.0 Å². The highest BCUT2D eigenvalue weighted by Gasteiger charge is 2.22. The normalized spacial score (nSPS) is 20.6. The quantitative estimate of drug-likeness (QED) is 0.612. The second kappa shape index (κ2) is 10.3. The molecule has 0 aromatic heterocycles. The molecule has 1 fully saturated rings. The molecule has 1 heterocycles. The third-order valence-corrected chi connectivity index (χ3v) is 6.53. The molecule has 1 aromatic rings. The Morgan fingerprint density at radius 2 is 1.90 bits per heavy atom. The van der Waals surface area contributed by atoms with Crippen LogP contribution < -0.4 is 15.5 Å². The highest BCUT2D eigenvalue weighted by Crippen LogP contribution is 2.33. The van der Waals surface area contributed by atoms with Gasteiger partial charge in [0.05, 0.1) is 15.7 Å². The largest absolute Gasteiger partial charge is 0.368 e. The van der Waals surface area contributed by atoms with Crippen LogP contribution in [0.3, 0.4) is 0 Å². The maximum absolute atomic E-state index is 12.0. The summed E-state index contributed by atoms with van der Waals surface area (Å²) >= 11 is 12.5. The zero-order valence-corrected chi connectivity index (χ0v) is 19.8. The number of urea groups is 1. The maximum Gasteiger partial charge on any atom is 0.315 e. The third kappa shape index (κ3) is 6.79. The van der Waals surface area contributed by atoms with Gasteiger partial charge in [-0.2, -0.15) is 0 Å². The zero-order valence-electron chi connectivity index (χ0n) is 18.3. The Bertz CT molecular complexity index is 767. The summed E-state index contributed by atoms with van der Waals surface area (Å²) in [5.74, 6) is 0. The molecule has 30 heavy (non-hydrogen) atoms. The van der Waals surface area contributed by atoms with Crippen molar-refractivity contribution in [1.82, 2.24) is 15.5 Å². The molecule has 0 saturated carbocycles. The van der Waals surface area contributed by atoms with Gasteiger partial charge in [-0.3, -0.25) is 4.90 Å². The van der Waals surface area contributed by atoms with E-state index in [1.54, 1.807) is 0 Å². The minimum Gasteiger partial charge on any atom is -0.368 e. The van der Waals surface area contributed by atoms with E-state index in [4.69, 9.17) is 23.2 Å². The molecular formula is C23H34Cl2N4O. The topological polar surface area (TPSA) is 47.6 Å². The summed E-state index contributed by atoms with van der Waals surface area (Å²) < 4.78 is 0. The second-order valence-electron chi connectivity index (χ2n) is 9.33. The van der Waals surface area contributed by atoms with Crippen molar-refractivity contribution < 1.29 is 4.79 Å². The lowest BCUT2D eigenvalue weighted by Crippen LogP contribution is -2.49. The molecule has 1 aromatic carbocycles. The van der Waals surface area contributed by atoms with Gasteiger partial charge in [0, 0.05) is 44.3 Å². The molecule has 7 heteroatoms. The number of carbonyl (C=O) groups is 1. The summed E-state index contributed by atoms with van der Waals surface area (Å²) in [4.78, 5) is 16.9. The Labute approximate surface area is 190 Å². The standard InChI is InChI=1S/C23H34Cl2N4O/c1-23(2,3)27-22(30)26-18-9-7-17(8-10-18)11-12-28-13-15-29(16-14-28)20-6-4-5-19(24)21(20)25/h4-7,18H,8-16H2,1-3H3,(H2,26,27,30). The molecule has 0 spiro atoms. The van der Waals surface area contributed by atoms with Gasteiger partial charge in [0.15, 0.2) is 0 Å². The Hall–Kier alpha value is -1.43. The number of amides is 2. The summed E-state index contributed by atoms with van der Waals surface area (Å²) in [6.07, 6.45) is 6.45. The molecular weight excluding hydrogens is 419 g/mol. The van der Waals surface area contributed by atoms with Crippen LogP contribution in [0.4, 0.5) is 10.5 Å². The van der Waals surface area contributed by atoms with E-state index in [2.05, 4.69) is 26.5 Å². The summed E-state index contributed by atoms with van der Waals surface area (Å²) in [6.45, 7) is 11.1. The van der Waals surface area contributed by atoms with Gasteiger partial charge in [0.1, 0.15) is 0 Å². The number of anilines is 1. The summed E-state index contributed by atoms with van der Waals surface area (Å²) in [5.41, 5.74) is 2.35. The van der Waals surface area contributed by atoms with Crippen molar-refractivity contribution in [3.8, 4) is 0 Å². The van der Waals surface area contributed by atoms with E-state index in [9.17, 15) is 4.79 Å². The van der Waals surface area contributed by atoms with Gasteiger partial charge in [-0.15, -0.1) is 0 Å². The first-order chi connectivity index (χ1) is 14.2. The first-order valence-corrected chi connectivity index (χ1v) is 11.6. The molecule has 2 amide bonds. The molecule has 0 radical (unpaired) electrons.